The van der Waals surface area contributed by atoms with Gasteiger partial charge < -0.3 is 4.74 Å². The molecule has 0 aliphatic heterocycles. The van der Waals surface area contributed by atoms with E-state index >= 15 is 0 Å². The molecule has 2 aromatic carbocycles. The van der Waals surface area contributed by atoms with Crippen molar-refractivity contribution in [2.45, 2.75) is 31.8 Å². The second-order valence-electron chi connectivity index (χ2n) is 8.09. The van der Waals surface area contributed by atoms with Gasteiger partial charge in [0, 0.05) is 0 Å². The molecule has 0 bridgehead atoms. The average Bonchev–Trinajstić information content (AvgIpc) is 3.26. The van der Waals surface area contributed by atoms with Gasteiger partial charge in [-0.25, -0.2) is 0 Å². The lowest BCUT2D eigenvalue weighted by Crippen LogP contribution is -2.35. The molecule has 0 spiro atoms. The zero-order valence-electron chi connectivity index (χ0n) is 16.7. The Balaban J connectivity index is 1.67. The van der Waals surface area contributed by atoms with E-state index in [4.69, 9.17) is 16.3 Å². The van der Waals surface area contributed by atoms with Gasteiger partial charge in [0.2, 0.25) is 0 Å². The summed E-state index contributed by atoms with van der Waals surface area (Å²) < 4.78 is 58.5. The first-order valence-electron chi connectivity index (χ1n) is 9.49. The van der Waals surface area contributed by atoms with Crippen LogP contribution in [0.1, 0.15) is 19.4 Å². The molecule has 31 heavy (non-hydrogen) atoms. The topological polar surface area (TPSA) is 26.3 Å². The minimum atomic E-state index is -4.83. The van der Waals surface area contributed by atoms with Gasteiger partial charge in [-0.2, -0.15) is 17.6 Å². The maximum Gasteiger partial charge on any atom is 0.389 e. The average molecular weight is 475 g/mol. The summed E-state index contributed by atoms with van der Waals surface area (Å²) in [6, 6.07) is 17.1. The van der Waals surface area contributed by atoms with Crippen LogP contribution in [0.3, 0.4) is 0 Å². The Hall–Kier alpha value is -2.05. The van der Waals surface area contributed by atoms with Gasteiger partial charge in [0.05, 0.1) is 11.0 Å². The number of halogens is 6. The van der Waals surface area contributed by atoms with Crippen molar-refractivity contribution in [2.24, 2.45) is 17.3 Å². The highest BCUT2D eigenvalue weighted by Crippen LogP contribution is 2.61. The van der Waals surface area contributed by atoms with Crippen LogP contribution in [0.5, 0.6) is 0 Å². The predicted octanol–water partition coefficient (Wildman–Crippen LogP) is 7.26. The van der Waals surface area contributed by atoms with Crippen LogP contribution in [0.15, 0.2) is 65.7 Å². The molecule has 1 aliphatic rings. The summed E-state index contributed by atoms with van der Waals surface area (Å²) in [7, 11) is 0. The third kappa shape index (κ3) is 4.90. The van der Waals surface area contributed by atoms with Gasteiger partial charge in [-0.1, -0.05) is 80.1 Å². The van der Waals surface area contributed by atoms with Crippen LogP contribution in [0, 0.1) is 17.3 Å². The van der Waals surface area contributed by atoms with Gasteiger partial charge in [0.25, 0.3) is 0 Å². The fourth-order valence-corrected chi connectivity index (χ4v) is 3.96. The number of hydrogen-bond acceptors (Lipinski definition) is 2. The van der Waals surface area contributed by atoms with E-state index in [1.807, 2.05) is 48.5 Å². The molecule has 0 N–H and O–H groups in total. The lowest BCUT2D eigenvalue weighted by Gasteiger charge is -2.20. The standard InChI is InChI=1S/C23H20Cl2F4O2/c1-21(2)17(12-18(24)22(26,27)23(25,28)29)19(21)20(30)31-13-14-7-6-10-16(11-14)15-8-4-3-5-9-15/h3-12,17,19H,13H2,1-2H3/t17-,19-/m1/s1. The third-order valence-electron chi connectivity index (χ3n) is 5.56. The molecule has 3 rings (SSSR count). The van der Waals surface area contributed by atoms with Crippen LogP contribution in [0.25, 0.3) is 11.1 Å². The molecule has 0 amide bonds. The molecule has 0 heterocycles. The SMILES string of the molecule is CC1(C)[C@H](C=C(Cl)C(F)(F)C(F)(F)Cl)[C@@H]1C(=O)OCc1cccc(-c2ccccc2)c1. The maximum absolute atomic E-state index is 13.6. The number of hydrogen-bond donors (Lipinski definition) is 0. The van der Waals surface area contributed by atoms with Crippen molar-refractivity contribution in [1.29, 1.82) is 0 Å². The van der Waals surface area contributed by atoms with Gasteiger partial charge in [0.15, 0.2) is 0 Å². The van der Waals surface area contributed by atoms with Gasteiger partial charge >= 0.3 is 17.3 Å². The van der Waals surface area contributed by atoms with Crippen LogP contribution in [-0.4, -0.2) is 17.3 Å². The van der Waals surface area contributed by atoms with Crippen LogP contribution < -0.4 is 0 Å². The summed E-state index contributed by atoms with van der Waals surface area (Å²) in [5, 5.41) is -6.23. The Morgan fingerprint density at radius 1 is 1.06 bits per heavy atom. The molecular formula is C23H20Cl2F4O2. The number of esters is 1. The summed E-state index contributed by atoms with van der Waals surface area (Å²) in [5.41, 5.74) is 1.96. The van der Waals surface area contributed by atoms with Crippen LogP contribution in [-0.2, 0) is 16.1 Å². The number of alkyl halides is 5. The first kappa shape index (κ1) is 23.6. The van der Waals surface area contributed by atoms with Crippen LogP contribution in [0.4, 0.5) is 17.6 Å². The van der Waals surface area contributed by atoms with Gasteiger partial charge in [0.1, 0.15) is 6.61 Å². The monoisotopic (exact) mass is 474 g/mol. The Morgan fingerprint density at radius 3 is 2.29 bits per heavy atom. The molecule has 0 aromatic heterocycles. The number of ether oxygens (including phenoxy) is 1. The minimum Gasteiger partial charge on any atom is -0.461 e. The quantitative estimate of drug-likeness (QED) is 0.239. The summed E-state index contributed by atoms with van der Waals surface area (Å²) in [6.45, 7) is 3.29. The molecule has 1 fully saturated rings. The largest absolute Gasteiger partial charge is 0.461 e. The van der Waals surface area contributed by atoms with E-state index in [0.717, 1.165) is 22.8 Å². The van der Waals surface area contributed by atoms with E-state index in [1.165, 1.54) is 0 Å². The highest BCUT2D eigenvalue weighted by atomic mass is 35.5. The second kappa shape index (κ2) is 8.47. The van der Waals surface area contributed by atoms with Crippen molar-refractivity contribution in [3.8, 4) is 11.1 Å². The van der Waals surface area contributed by atoms with E-state index in [0.29, 0.717) is 0 Å². The second-order valence-corrected chi connectivity index (χ2v) is 8.97. The lowest BCUT2D eigenvalue weighted by molar-refractivity contribution is -0.147. The van der Waals surface area contributed by atoms with Gasteiger partial charge in [-0.3, -0.25) is 4.79 Å². The van der Waals surface area contributed by atoms with Crippen LogP contribution in [0.2, 0.25) is 0 Å². The van der Waals surface area contributed by atoms with Crippen molar-refractivity contribution in [3.05, 3.63) is 71.3 Å². The number of rotatable bonds is 7. The molecule has 1 saturated carbocycles. The Bertz CT molecular complexity index is 985. The van der Waals surface area contributed by atoms with Crippen molar-refractivity contribution >= 4 is 29.2 Å². The molecule has 1 aliphatic carbocycles. The number of benzene rings is 2. The van der Waals surface area contributed by atoms with E-state index in [1.54, 1.807) is 19.9 Å². The van der Waals surface area contributed by atoms with E-state index < -0.39 is 39.6 Å². The molecule has 0 unspecified atom stereocenters. The van der Waals surface area contributed by atoms with Crippen LogP contribution >= 0.6 is 23.2 Å². The van der Waals surface area contributed by atoms with E-state index in [-0.39, 0.29) is 6.61 Å². The van der Waals surface area contributed by atoms with Gasteiger partial charge in [-0.05, 0) is 45.7 Å². The minimum absolute atomic E-state index is 0.00777. The molecular weight excluding hydrogens is 455 g/mol. The van der Waals surface area contributed by atoms with Crippen molar-refractivity contribution < 1.29 is 27.1 Å². The van der Waals surface area contributed by atoms with Crippen molar-refractivity contribution in [2.75, 3.05) is 0 Å². The first-order chi connectivity index (χ1) is 14.4. The van der Waals surface area contributed by atoms with Crippen molar-refractivity contribution in [1.82, 2.24) is 0 Å². The lowest BCUT2D eigenvalue weighted by atomic mass is 10.0. The molecule has 2 aromatic rings. The zero-order chi connectivity index (χ0) is 23.0. The highest BCUT2D eigenvalue weighted by Gasteiger charge is 2.64. The van der Waals surface area contributed by atoms with E-state index in [2.05, 4.69) is 11.6 Å². The number of carbonyl (C=O) groups is 1. The summed E-state index contributed by atoms with van der Waals surface area (Å²) in [5.74, 6) is -6.89. The molecule has 2 nitrogen and oxygen atoms in total. The number of carbonyl (C=O) groups excluding carboxylic acids is 1. The zero-order valence-corrected chi connectivity index (χ0v) is 18.2. The Labute approximate surface area is 187 Å². The summed E-state index contributed by atoms with van der Waals surface area (Å²) in [6.07, 6.45) is 0.778. The fourth-order valence-electron chi connectivity index (χ4n) is 3.55. The molecule has 0 saturated heterocycles. The van der Waals surface area contributed by atoms with E-state index in [9.17, 15) is 22.4 Å². The summed E-state index contributed by atoms with van der Waals surface area (Å²) >= 11 is 9.90. The fraction of sp³-hybridized carbons (Fsp3) is 0.348. The molecule has 8 heteroatoms. The molecule has 166 valence electrons. The predicted molar refractivity (Wildman–Crippen MR) is 112 cm³/mol. The maximum atomic E-state index is 13.6. The third-order valence-corrected chi connectivity index (χ3v) is 6.16. The van der Waals surface area contributed by atoms with Crippen molar-refractivity contribution in [3.63, 3.8) is 0 Å². The smallest absolute Gasteiger partial charge is 0.389 e. The van der Waals surface area contributed by atoms with Gasteiger partial charge in [-0.15, -0.1) is 0 Å². The normalized spacial score (nSPS) is 21.0. The molecule has 0 radical (unpaired) electrons. The highest BCUT2D eigenvalue weighted by molar-refractivity contribution is 6.32. The first-order valence-corrected chi connectivity index (χ1v) is 10.2. The number of allylic oxidation sites excluding steroid dienone is 2. The summed E-state index contributed by atoms with van der Waals surface area (Å²) in [4.78, 5) is 12.5. The Morgan fingerprint density at radius 2 is 1.68 bits per heavy atom. The molecule has 2 atom stereocenters. The Kier molecular flexibility index (Phi) is 6.45.